The van der Waals surface area contributed by atoms with Gasteiger partial charge in [-0.3, -0.25) is 0 Å². The lowest BCUT2D eigenvalue weighted by Crippen LogP contribution is -2.35. The Kier molecular flexibility index (Phi) is 5.62. The van der Waals surface area contributed by atoms with E-state index in [1.54, 1.807) is 0 Å². The first-order valence-corrected chi connectivity index (χ1v) is 6.38. The molecule has 0 aliphatic heterocycles. The van der Waals surface area contributed by atoms with Crippen LogP contribution in [0.4, 0.5) is 0 Å². The third kappa shape index (κ3) is 4.52. The average Bonchev–Trinajstić information content (AvgIpc) is 2.14. The van der Waals surface area contributed by atoms with E-state index in [0.717, 1.165) is 19.1 Å². The van der Waals surface area contributed by atoms with Gasteiger partial charge in [-0.15, -0.1) is 0 Å². The molecule has 0 amide bonds. The van der Waals surface area contributed by atoms with Gasteiger partial charge in [-0.2, -0.15) is 0 Å². The molecule has 1 fully saturated rings. The summed E-state index contributed by atoms with van der Waals surface area (Å²) in [5.74, 6) is 0.765. The minimum atomic E-state index is 0.625. The molecule has 1 rings (SSSR count). The summed E-state index contributed by atoms with van der Waals surface area (Å²) in [6.07, 6.45) is 6.85. The minimum absolute atomic E-state index is 0.625. The van der Waals surface area contributed by atoms with Gasteiger partial charge in [0.1, 0.15) is 0 Å². The van der Waals surface area contributed by atoms with Gasteiger partial charge in [0.25, 0.3) is 0 Å². The zero-order valence-electron chi connectivity index (χ0n) is 10.6. The summed E-state index contributed by atoms with van der Waals surface area (Å²) in [5, 5.41) is 3.54. The van der Waals surface area contributed by atoms with Crippen LogP contribution in [0.15, 0.2) is 0 Å². The minimum Gasteiger partial charge on any atom is -0.385 e. The molecule has 0 heterocycles. The van der Waals surface area contributed by atoms with Crippen molar-refractivity contribution in [1.82, 2.24) is 5.32 Å². The quantitative estimate of drug-likeness (QED) is 0.626. The summed E-state index contributed by atoms with van der Waals surface area (Å²) in [6, 6.07) is 0. The number of hydrogen-bond donors (Lipinski definition) is 1. The third-order valence-electron chi connectivity index (χ3n) is 3.64. The Hall–Kier alpha value is -0.0800. The van der Waals surface area contributed by atoms with Gasteiger partial charge in [0, 0.05) is 13.7 Å². The fourth-order valence-corrected chi connectivity index (χ4v) is 2.36. The lowest BCUT2D eigenvalue weighted by molar-refractivity contribution is 0.0614. The second kappa shape index (κ2) is 6.49. The molecule has 0 aromatic rings. The van der Waals surface area contributed by atoms with E-state index in [1.807, 2.05) is 7.11 Å². The Morgan fingerprint density at radius 2 is 2.00 bits per heavy atom. The summed E-state index contributed by atoms with van der Waals surface area (Å²) < 4.78 is 5.20. The lowest BCUT2D eigenvalue weighted by Gasteiger charge is -2.42. The molecule has 90 valence electrons. The molecule has 2 heteroatoms. The van der Waals surface area contributed by atoms with Crippen LogP contribution in [0.1, 0.15) is 46.0 Å². The van der Waals surface area contributed by atoms with Crippen molar-refractivity contribution >= 4 is 0 Å². The van der Waals surface area contributed by atoms with Crippen LogP contribution in [-0.2, 0) is 4.74 Å². The van der Waals surface area contributed by atoms with Crippen molar-refractivity contribution in [2.45, 2.75) is 46.0 Å². The Balaban J connectivity index is 2.10. The van der Waals surface area contributed by atoms with E-state index in [0.29, 0.717) is 5.41 Å². The smallest absolute Gasteiger partial charge is 0.0467 e. The van der Waals surface area contributed by atoms with Gasteiger partial charge in [-0.1, -0.05) is 20.3 Å². The molecule has 0 spiro atoms. The highest BCUT2D eigenvalue weighted by Gasteiger charge is 2.35. The van der Waals surface area contributed by atoms with Crippen molar-refractivity contribution in [2.24, 2.45) is 11.3 Å². The van der Waals surface area contributed by atoms with E-state index in [-0.39, 0.29) is 0 Å². The van der Waals surface area contributed by atoms with Crippen molar-refractivity contribution < 1.29 is 4.74 Å². The second-order valence-electron chi connectivity index (χ2n) is 5.44. The number of methoxy groups -OCH3 is 1. The fourth-order valence-electron chi connectivity index (χ4n) is 2.36. The highest BCUT2D eigenvalue weighted by Crippen LogP contribution is 2.46. The van der Waals surface area contributed by atoms with Crippen LogP contribution in [0.2, 0.25) is 0 Å². The Morgan fingerprint density at radius 1 is 1.27 bits per heavy atom. The molecule has 0 bridgehead atoms. The van der Waals surface area contributed by atoms with Crippen LogP contribution in [0.5, 0.6) is 0 Å². The zero-order valence-corrected chi connectivity index (χ0v) is 10.6. The molecule has 1 aliphatic rings. The van der Waals surface area contributed by atoms with Crippen molar-refractivity contribution in [3.05, 3.63) is 0 Å². The molecule has 0 aromatic heterocycles. The predicted octanol–water partition coefficient (Wildman–Crippen LogP) is 2.83. The number of ether oxygens (including phenoxy) is 1. The molecule has 0 atom stereocenters. The maximum absolute atomic E-state index is 5.20. The summed E-state index contributed by atoms with van der Waals surface area (Å²) in [7, 11) is 1.81. The number of nitrogens with one attached hydrogen (secondary N) is 1. The van der Waals surface area contributed by atoms with E-state index < -0.39 is 0 Å². The molecule has 2 nitrogen and oxygen atoms in total. The molecular formula is C13H27NO. The summed E-state index contributed by atoms with van der Waals surface area (Å²) >= 11 is 0. The van der Waals surface area contributed by atoms with Gasteiger partial charge >= 0.3 is 0 Å². The first-order chi connectivity index (χ1) is 7.18. The van der Waals surface area contributed by atoms with Gasteiger partial charge < -0.3 is 10.1 Å². The summed E-state index contributed by atoms with van der Waals surface area (Å²) in [6.45, 7) is 7.79. The third-order valence-corrected chi connectivity index (χ3v) is 3.64. The van der Waals surface area contributed by atoms with E-state index in [2.05, 4.69) is 19.2 Å². The average molecular weight is 213 g/mol. The second-order valence-corrected chi connectivity index (χ2v) is 5.44. The van der Waals surface area contributed by atoms with Gasteiger partial charge in [0.15, 0.2) is 0 Å². The predicted molar refractivity (Wildman–Crippen MR) is 65.1 cm³/mol. The van der Waals surface area contributed by atoms with E-state index >= 15 is 0 Å². The standard InChI is InChI=1S/C13H27NO/c1-12(2)11-14-9-7-13(5-4-6-13)8-10-15-3/h12,14H,4-11H2,1-3H3. The van der Waals surface area contributed by atoms with Crippen molar-refractivity contribution in [2.75, 3.05) is 26.8 Å². The maximum atomic E-state index is 5.20. The molecule has 1 saturated carbocycles. The van der Waals surface area contributed by atoms with Crippen LogP contribution in [-0.4, -0.2) is 26.8 Å². The highest BCUT2D eigenvalue weighted by molar-refractivity contribution is 4.88. The van der Waals surface area contributed by atoms with E-state index in [4.69, 9.17) is 4.74 Å². The first-order valence-electron chi connectivity index (χ1n) is 6.38. The van der Waals surface area contributed by atoms with Crippen LogP contribution in [0, 0.1) is 11.3 Å². The largest absolute Gasteiger partial charge is 0.385 e. The van der Waals surface area contributed by atoms with Gasteiger partial charge in [0.2, 0.25) is 0 Å². The molecule has 0 unspecified atom stereocenters. The Bertz CT molecular complexity index is 164. The molecular weight excluding hydrogens is 186 g/mol. The topological polar surface area (TPSA) is 21.3 Å². The van der Waals surface area contributed by atoms with Crippen molar-refractivity contribution in [3.8, 4) is 0 Å². The van der Waals surface area contributed by atoms with E-state index in [1.165, 1.54) is 38.6 Å². The fraction of sp³-hybridized carbons (Fsp3) is 1.00. The molecule has 1 aliphatic carbocycles. The number of hydrogen-bond acceptors (Lipinski definition) is 2. The maximum Gasteiger partial charge on any atom is 0.0467 e. The lowest BCUT2D eigenvalue weighted by atomic mass is 9.65. The molecule has 15 heavy (non-hydrogen) atoms. The van der Waals surface area contributed by atoms with Crippen LogP contribution >= 0.6 is 0 Å². The normalized spacial score (nSPS) is 19.2. The molecule has 0 radical (unpaired) electrons. The van der Waals surface area contributed by atoms with Crippen molar-refractivity contribution in [1.29, 1.82) is 0 Å². The van der Waals surface area contributed by atoms with Gasteiger partial charge in [-0.25, -0.2) is 0 Å². The molecule has 1 N–H and O–H groups in total. The summed E-state index contributed by atoms with van der Waals surface area (Å²) in [5.41, 5.74) is 0.625. The summed E-state index contributed by atoms with van der Waals surface area (Å²) in [4.78, 5) is 0. The van der Waals surface area contributed by atoms with Crippen LogP contribution < -0.4 is 5.32 Å². The number of rotatable bonds is 8. The van der Waals surface area contributed by atoms with Gasteiger partial charge in [0.05, 0.1) is 0 Å². The van der Waals surface area contributed by atoms with Crippen molar-refractivity contribution in [3.63, 3.8) is 0 Å². The monoisotopic (exact) mass is 213 g/mol. The molecule has 0 aromatic carbocycles. The highest BCUT2D eigenvalue weighted by atomic mass is 16.5. The zero-order chi connectivity index (χ0) is 11.1. The Labute approximate surface area is 94.8 Å². The van der Waals surface area contributed by atoms with Crippen LogP contribution in [0.25, 0.3) is 0 Å². The molecule has 0 saturated heterocycles. The Morgan fingerprint density at radius 3 is 2.47 bits per heavy atom. The van der Waals surface area contributed by atoms with E-state index in [9.17, 15) is 0 Å². The van der Waals surface area contributed by atoms with Crippen LogP contribution in [0.3, 0.4) is 0 Å². The first kappa shape index (κ1) is 13.0. The SMILES string of the molecule is COCCC1(CCNCC(C)C)CCC1. The van der Waals surface area contributed by atoms with Gasteiger partial charge in [-0.05, 0) is 50.1 Å².